The van der Waals surface area contributed by atoms with Gasteiger partial charge in [-0.1, -0.05) is 32.9 Å². The summed E-state index contributed by atoms with van der Waals surface area (Å²) in [5, 5.41) is 0.0531. The predicted octanol–water partition coefficient (Wildman–Crippen LogP) is 6.88. The van der Waals surface area contributed by atoms with Gasteiger partial charge in [-0.05, 0) is 72.8 Å². The third-order valence-electron chi connectivity index (χ3n) is 7.14. The van der Waals surface area contributed by atoms with Crippen molar-refractivity contribution >= 4 is 19.9 Å². The van der Waals surface area contributed by atoms with E-state index < -0.39 is 14.9 Å². The molecular weight excluding hydrogens is 496 g/mol. The zero-order valence-electron chi connectivity index (χ0n) is 22.1. The van der Waals surface area contributed by atoms with E-state index in [1.165, 1.54) is 35.4 Å². The lowest BCUT2D eigenvalue weighted by Crippen LogP contribution is -2.41. The molecule has 0 atom stereocenters. The molecule has 2 aromatic rings. The van der Waals surface area contributed by atoms with E-state index in [0.717, 1.165) is 0 Å². The van der Waals surface area contributed by atoms with Crippen LogP contribution >= 0.6 is 0 Å². The first-order valence-electron chi connectivity index (χ1n) is 12.6. The zero-order chi connectivity index (χ0) is 26.8. The fourth-order valence-corrected chi connectivity index (χ4v) is 4.80. The van der Waals surface area contributed by atoms with Crippen molar-refractivity contribution in [2.45, 2.75) is 64.3 Å². The highest BCUT2D eigenvalue weighted by molar-refractivity contribution is 6.74. The van der Waals surface area contributed by atoms with E-state index in [9.17, 15) is 13.6 Å². The zero-order valence-corrected chi connectivity index (χ0v) is 23.1. The molecule has 1 fully saturated rings. The van der Waals surface area contributed by atoms with Gasteiger partial charge in [0.05, 0.1) is 6.61 Å². The Bertz CT molecular complexity index is 1140. The number of ether oxygens (including phenoxy) is 3. The SMILES string of the molecule is CC(C)(C)[Si](C)(C)OCCOc1ccc(N2CC=C(Oc3ccc(C4CC4)cc3)C2=O)cc1OC(F)F. The van der Waals surface area contributed by atoms with Gasteiger partial charge in [0.25, 0.3) is 5.91 Å². The average molecular weight is 532 g/mol. The lowest BCUT2D eigenvalue weighted by Gasteiger charge is -2.36. The van der Waals surface area contributed by atoms with Gasteiger partial charge < -0.3 is 23.5 Å². The molecule has 0 radical (unpaired) electrons. The number of carbonyl (C=O) groups excluding carboxylic acids is 1. The van der Waals surface area contributed by atoms with E-state index in [2.05, 4.69) is 33.9 Å². The summed E-state index contributed by atoms with van der Waals surface area (Å²) in [6, 6.07) is 12.3. The molecule has 0 spiro atoms. The Kier molecular flexibility index (Phi) is 7.94. The summed E-state index contributed by atoms with van der Waals surface area (Å²) >= 11 is 0. The second-order valence-corrected chi connectivity index (χ2v) is 15.7. The summed E-state index contributed by atoms with van der Waals surface area (Å²) in [7, 11) is -1.95. The quantitative estimate of drug-likeness (QED) is 0.234. The van der Waals surface area contributed by atoms with Crippen LogP contribution in [-0.4, -0.2) is 40.6 Å². The molecule has 1 aliphatic heterocycles. The van der Waals surface area contributed by atoms with Crippen LogP contribution in [0.5, 0.6) is 17.2 Å². The second-order valence-electron chi connectivity index (χ2n) is 10.9. The van der Waals surface area contributed by atoms with Crippen LogP contribution in [0.15, 0.2) is 54.3 Å². The van der Waals surface area contributed by atoms with E-state index in [1.807, 2.05) is 24.3 Å². The molecule has 1 saturated carbocycles. The molecule has 200 valence electrons. The van der Waals surface area contributed by atoms with Crippen molar-refractivity contribution in [1.82, 2.24) is 0 Å². The van der Waals surface area contributed by atoms with Gasteiger partial charge in [0.15, 0.2) is 25.6 Å². The topological polar surface area (TPSA) is 57.2 Å². The number of benzene rings is 2. The molecule has 1 aliphatic carbocycles. The van der Waals surface area contributed by atoms with Gasteiger partial charge in [-0.2, -0.15) is 8.78 Å². The van der Waals surface area contributed by atoms with Gasteiger partial charge in [-0.25, -0.2) is 0 Å². The van der Waals surface area contributed by atoms with Crippen LogP contribution in [-0.2, 0) is 9.22 Å². The maximum atomic E-state index is 13.1. The third-order valence-corrected chi connectivity index (χ3v) is 11.7. The molecule has 4 rings (SSSR count). The maximum Gasteiger partial charge on any atom is 0.387 e. The Morgan fingerprint density at radius 1 is 1.03 bits per heavy atom. The van der Waals surface area contributed by atoms with Crippen LogP contribution in [0.4, 0.5) is 14.5 Å². The van der Waals surface area contributed by atoms with Gasteiger partial charge in [0.1, 0.15) is 12.4 Å². The Labute approximate surface area is 218 Å². The average Bonchev–Trinajstić information content (AvgIpc) is 3.61. The lowest BCUT2D eigenvalue weighted by atomic mass is 10.1. The first-order valence-corrected chi connectivity index (χ1v) is 15.5. The highest BCUT2D eigenvalue weighted by atomic mass is 28.4. The minimum Gasteiger partial charge on any atom is -0.487 e. The van der Waals surface area contributed by atoms with E-state index >= 15 is 0 Å². The standard InChI is InChI=1S/C28H35F2NO5Si/c1-28(2,3)37(4,5)34-17-16-33-23-13-10-21(18-25(23)36-27(29)30)31-15-14-24(26(31)32)35-22-11-8-20(9-12-22)19-6-7-19/h8-14,18-19,27H,6-7,15-17H2,1-5H3. The van der Waals surface area contributed by atoms with Crippen molar-refractivity contribution in [2.75, 3.05) is 24.7 Å². The van der Waals surface area contributed by atoms with Crippen molar-refractivity contribution in [3.05, 3.63) is 59.9 Å². The largest absolute Gasteiger partial charge is 0.487 e. The van der Waals surface area contributed by atoms with E-state index in [4.69, 9.17) is 18.6 Å². The molecule has 2 aromatic carbocycles. The summed E-state index contributed by atoms with van der Waals surface area (Å²) in [4.78, 5) is 14.4. The molecule has 2 aliphatic rings. The van der Waals surface area contributed by atoms with Crippen molar-refractivity contribution in [2.24, 2.45) is 0 Å². The van der Waals surface area contributed by atoms with E-state index in [-0.39, 0.29) is 41.4 Å². The molecule has 0 bridgehead atoms. The van der Waals surface area contributed by atoms with Crippen molar-refractivity contribution in [3.8, 4) is 17.2 Å². The number of halogens is 2. The fraction of sp³-hybridized carbons (Fsp3) is 0.464. The Balaban J connectivity index is 1.39. The number of nitrogens with zero attached hydrogens (tertiary/aromatic N) is 1. The minimum absolute atomic E-state index is 0.0531. The summed E-state index contributed by atoms with van der Waals surface area (Å²) in [5.74, 6) is 1.08. The van der Waals surface area contributed by atoms with E-state index in [1.54, 1.807) is 12.1 Å². The number of rotatable bonds is 11. The van der Waals surface area contributed by atoms with Gasteiger partial charge in [0, 0.05) is 18.3 Å². The molecule has 0 saturated heterocycles. The van der Waals surface area contributed by atoms with Crippen molar-refractivity contribution in [3.63, 3.8) is 0 Å². The smallest absolute Gasteiger partial charge is 0.387 e. The van der Waals surface area contributed by atoms with Gasteiger partial charge in [-0.3, -0.25) is 4.79 Å². The predicted molar refractivity (Wildman–Crippen MR) is 141 cm³/mol. The molecule has 0 aromatic heterocycles. The minimum atomic E-state index is -3.04. The first-order chi connectivity index (χ1) is 17.4. The second kappa shape index (κ2) is 10.8. The number of hydrogen-bond acceptors (Lipinski definition) is 5. The Morgan fingerprint density at radius 3 is 2.35 bits per heavy atom. The van der Waals surface area contributed by atoms with E-state index in [0.29, 0.717) is 24.0 Å². The van der Waals surface area contributed by atoms with Crippen molar-refractivity contribution in [1.29, 1.82) is 0 Å². The molecule has 0 unspecified atom stereocenters. The maximum absolute atomic E-state index is 13.1. The normalized spacial score (nSPS) is 16.3. The Hall–Kier alpha value is -2.91. The number of carbonyl (C=O) groups is 1. The third kappa shape index (κ3) is 6.70. The molecule has 1 heterocycles. The number of alkyl halides is 2. The summed E-state index contributed by atoms with van der Waals surface area (Å²) in [6.07, 6.45) is 4.10. The highest BCUT2D eigenvalue weighted by Gasteiger charge is 2.37. The Morgan fingerprint density at radius 2 is 1.73 bits per heavy atom. The summed E-state index contributed by atoms with van der Waals surface area (Å²) < 4.78 is 48.6. The number of amides is 1. The molecule has 9 heteroatoms. The molecule has 6 nitrogen and oxygen atoms in total. The van der Waals surface area contributed by atoms with Crippen LogP contribution in [0, 0.1) is 0 Å². The molecule has 37 heavy (non-hydrogen) atoms. The monoisotopic (exact) mass is 531 g/mol. The van der Waals surface area contributed by atoms with Gasteiger partial charge in [0.2, 0.25) is 0 Å². The van der Waals surface area contributed by atoms with Gasteiger partial charge in [-0.15, -0.1) is 0 Å². The highest BCUT2D eigenvalue weighted by Crippen LogP contribution is 2.41. The van der Waals surface area contributed by atoms with Crippen LogP contribution in [0.1, 0.15) is 45.1 Å². The van der Waals surface area contributed by atoms with Crippen LogP contribution in [0.2, 0.25) is 18.1 Å². The van der Waals surface area contributed by atoms with Crippen LogP contribution < -0.4 is 19.1 Å². The first kappa shape index (κ1) is 27.1. The number of anilines is 1. The fourth-order valence-electron chi connectivity index (χ4n) is 3.77. The van der Waals surface area contributed by atoms with Crippen LogP contribution in [0.3, 0.4) is 0 Å². The number of hydrogen-bond donors (Lipinski definition) is 0. The van der Waals surface area contributed by atoms with Gasteiger partial charge >= 0.3 is 6.61 Å². The summed E-state index contributed by atoms with van der Waals surface area (Å²) in [5.41, 5.74) is 1.69. The molecular formula is C28H35F2NO5Si. The molecule has 0 N–H and O–H groups in total. The summed E-state index contributed by atoms with van der Waals surface area (Å²) in [6.45, 7) is 8.44. The van der Waals surface area contributed by atoms with Crippen LogP contribution in [0.25, 0.3) is 0 Å². The lowest BCUT2D eigenvalue weighted by molar-refractivity contribution is -0.116. The van der Waals surface area contributed by atoms with Crippen molar-refractivity contribution < 1.29 is 32.2 Å². The molecule has 1 amide bonds.